The van der Waals surface area contributed by atoms with E-state index in [4.69, 9.17) is 32.5 Å². The summed E-state index contributed by atoms with van der Waals surface area (Å²) in [4.78, 5) is 61.0. The lowest BCUT2D eigenvalue weighted by Gasteiger charge is -2.50. The molecule has 15 unspecified atom stereocenters. The molecule has 80 heavy (non-hydrogen) atoms. The van der Waals surface area contributed by atoms with Gasteiger partial charge in [0.2, 0.25) is 5.79 Å². The van der Waals surface area contributed by atoms with E-state index in [9.17, 15) is 24.6 Å². The van der Waals surface area contributed by atoms with Crippen molar-refractivity contribution in [1.82, 2.24) is 4.90 Å². The van der Waals surface area contributed by atoms with Crippen LogP contribution in [-0.2, 0) is 51.7 Å². The van der Waals surface area contributed by atoms with Crippen LogP contribution in [0.1, 0.15) is 178 Å². The second-order valence-electron chi connectivity index (χ2n) is 26.2. The summed E-state index contributed by atoms with van der Waals surface area (Å²) in [6.45, 7) is 29.6. The molecule has 2 bridgehead atoms. The van der Waals surface area contributed by atoms with Crippen molar-refractivity contribution in [3.8, 4) is 0 Å². The molecule has 0 radical (unpaired) electrons. The van der Waals surface area contributed by atoms with E-state index < -0.39 is 106 Å². The molecule has 0 aromatic heterocycles. The summed E-state index contributed by atoms with van der Waals surface area (Å²) in [5.41, 5.74) is 2.08. The third kappa shape index (κ3) is 16.1. The fourth-order valence-corrected chi connectivity index (χ4v) is 17.8. The van der Waals surface area contributed by atoms with Gasteiger partial charge in [-0.1, -0.05) is 117 Å². The number of cyclic esters (lactones) is 1. The number of hydrogen-bond donors (Lipinski definition) is 2. The van der Waals surface area contributed by atoms with Gasteiger partial charge in [-0.3, -0.25) is 14.4 Å². The number of benzene rings is 1. The first-order chi connectivity index (χ1) is 37.6. The van der Waals surface area contributed by atoms with Gasteiger partial charge in [0.25, 0.3) is 11.7 Å². The molecule has 14 nitrogen and oxygen atoms in total. The van der Waals surface area contributed by atoms with Crippen LogP contribution in [0.3, 0.4) is 0 Å². The maximum Gasteiger partial charge on any atom is 0.329 e. The van der Waals surface area contributed by atoms with Gasteiger partial charge in [0.15, 0.2) is 16.6 Å². The number of piperidine rings is 1. The van der Waals surface area contributed by atoms with Crippen molar-refractivity contribution in [2.75, 3.05) is 27.9 Å². The van der Waals surface area contributed by atoms with Crippen LogP contribution >= 0.6 is 0 Å². The fourth-order valence-electron chi connectivity index (χ4n) is 13.3. The van der Waals surface area contributed by atoms with Gasteiger partial charge in [-0.25, -0.2) is 4.79 Å². The van der Waals surface area contributed by atoms with E-state index >= 15 is 4.79 Å². The first-order valence-corrected chi connectivity index (χ1v) is 36.1. The van der Waals surface area contributed by atoms with Crippen molar-refractivity contribution in [1.29, 1.82) is 0 Å². The number of ether oxygens (including phenoxy) is 5. The predicted molar refractivity (Wildman–Crippen MR) is 320 cm³/mol. The van der Waals surface area contributed by atoms with Crippen molar-refractivity contribution < 1.29 is 61.9 Å². The number of allylic oxidation sites excluding steroid dienone is 3. The van der Waals surface area contributed by atoms with Crippen molar-refractivity contribution in [3.63, 3.8) is 0 Å². The molecule has 0 spiro atoms. The second-order valence-corrected chi connectivity index (χ2v) is 35.7. The summed E-state index contributed by atoms with van der Waals surface area (Å²) >= 11 is 0. The summed E-state index contributed by atoms with van der Waals surface area (Å²) in [6, 6.07) is 11.6. The van der Waals surface area contributed by atoms with Crippen LogP contribution in [0.15, 0.2) is 53.6 Å². The lowest BCUT2D eigenvalue weighted by molar-refractivity contribution is -0.302. The molecule has 1 aromatic rings. The number of carbonyl (C=O) groups excluding carboxylic acids is 4. The zero-order valence-electron chi connectivity index (χ0n) is 52.4. The maximum atomic E-state index is 15.3. The van der Waals surface area contributed by atoms with E-state index in [1.165, 1.54) is 4.90 Å². The van der Waals surface area contributed by atoms with Crippen LogP contribution in [0.4, 0.5) is 0 Å². The number of amides is 1. The fraction of sp³-hybridized carbons (Fsp3) is 0.781. The minimum atomic E-state index is -2.60. The summed E-state index contributed by atoms with van der Waals surface area (Å²) in [7, 11) is 0.0897. The Hall–Kier alpha value is -2.91. The van der Waals surface area contributed by atoms with Gasteiger partial charge in [0.1, 0.15) is 24.0 Å². The second kappa shape index (κ2) is 29.3. The van der Waals surface area contributed by atoms with Gasteiger partial charge in [-0.15, -0.1) is 0 Å². The van der Waals surface area contributed by atoms with Crippen LogP contribution in [0, 0.1) is 29.6 Å². The van der Waals surface area contributed by atoms with Gasteiger partial charge < -0.3 is 47.6 Å². The van der Waals surface area contributed by atoms with Crippen molar-refractivity contribution in [3.05, 3.63) is 59.2 Å². The molecule has 1 aliphatic carbocycles. The number of Topliss-reactive ketones (excluding diaryl/α,β-unsaturated/α-hetero) is 2. The number of esters is 1. The van der Waals surface area contributed by atoms with Gasteiger partial charge in [-0.2, -0.15) is 0 Å². The summed E-state index contributed by atoms with van der Waals surface area (Å²) < 4.78 is 46.7. The number of fused-ring (bicyclic) bond motifs is 3. The van der Waals surface area contributed by atoms with Gasteiger partial charge in [0, 0.05) is 52.0 Å². The van der Waals surface area contributed by atoms with Crippen LogP contribution in [0.5, 0.6) is 0 Å². The Morgan fingerprint density at radius 1 is 0.875 bits per heavy atom. The lowest BCUT2D eigenvalue weighted by atomic mass is 9.73. The average Bonchev–Trinajstić information content (AvgIpc) is 3.43. The molecule has 1 saturated carbocycles. The first kappa shape index (κ1) is 67.9. The van der Waals surface area contributed by atoms with Gasteiger partial charge in [-0.05, 0) is 150 Å². The number of ketones is 2. The highest BCUT2D eigenvalue weighted by atomic mass is 28.4. The Morgan fingerprint density at radius 3 is 2.10 bits per heavy atom. The molecule has 1 aromatic carbocycles. The largest absolute Gasteiger partial charge is 0.456 e. The third-order valence-corrected chi connectivity index (χ3v) is 28.9. The minimum Gasteiger partial charge on any atom is -0.456 e. The summed E-state index contributed by atoms with van der Waals surface area (Å²) in [5, 5.41) is 23.7. The Labute approximate surface area is 484 Å². The van der Waals surface area contributed by atoms with E-state index in [0.29, 0.717) is 57.8 Å². The number of methoxy groups -OCH3 is 3. The number of aliphatic hydroxyl groups is 2. The number of hydrogen-bond acceptors (Lipinski definition) is 13. The third-order valence-electron chi connectivity index (χ3n) is 19.7. The zero-order valence-corrected chi connectivity index (χ0v) is 54.4. The van der Waals surface area contributed by atoms with E-state index in [2.05, 4.69) is 73.7 Å². The van der Waals surface area contributed by atoms with Crippen molar-refractivity contribution >= 4 is 40.1 Å². The maximum absolute atomic E-state index is 15.3. The normalized spacial score (nSPS) is 34.0. The number of nitrogens with zero attached hydrogens (tertiary/aromatic N) is 1. The van der Waals surface area contributed by atoms with Crippen molar-refractivity contribution in [2.24, 2.45) is 29.6 Å². The molecule has 15 atom stereocenters. The number of aliphatic hydroxyl groups excluding tert-OH is 1. The van der Waals surface area contributed by atoms with Crippen LogP contribution in [0.2, 0.25) is 36.3 Å². The Bertz CT molecular complexity index is 2240. The average molecular weight is 1150 g/mol. The number of carbonyl (C=O) groups is 4. The molecule has 2 N–H and O–H groups in total. The standard InChI is InChI=1S/C64H107NO13Si2/c1-18-48-36-42(5)35-43(6)37-54(72-13)58-55(73-14)39-45(8)64(71,76-58)59(68)60(69)65-34-26-25-29-50(65)61(70)75-57(46(9)53(41-52(48)67)77-79(16,17)62(10,11)12)44(7)38-47-30-32-63(56(40-47)74-15,78-80(19-2,20-3)21-4)33-31-51(66)49-27-23-22-24-28-49/h22-24,27-28,36,38,43,45-48,50-51,53-58,66,71H,18-21,25-26,29-35,37,39-41H2,1-17H3. The molecule has 3 aliphatic heterocycles. The van der Waals surface area contributed by atoms with E-state index in [1.807, 2.05) is 58.0 Å². The quantitative estimate of drug-likeness (QED) is 0.0653. The van der Waals surface area contributed by atoms with E-state index in [0.717, 1.165) is 41.3 Å². The topological polar surface area (TPSA) is 177 Å². The molecule has 5 rings (SSSR count). The molecule has 3 heterocycles. The van der Waals surface area contributed by atoms with Crippen LogP contribution in [-0.4, -0.2) is 137 Å². The monoisotopic (exact) mass is 1150 g/mol. The molecule has 16 heteroatoms. The summed E-state index contributed by atoms with van der Waals surface area (Å²) in [6.07, 6.45) is 6.39. The molecular weight excluding hydrogens is 1050 g/mol. The summed E-state index contributed by atoms with van der Waals surface area (Å²) in [5.74, 6) is -7.03. The molecule has 1 amide bonds. The van der Waals surface area contributed by atoms with E-state index in [-0.39, 0.29) is 54.6 Å². The highest BCUT2D eigenvalue weighted by Gasteiger charge is 2.57. The zero-order chi connectivity index (χ0) is 59.5. The Balaban J connectivity index is 1.63. The lowest BCUT2D eigenvalue weighted by Crippen LogP contribution is -2.64. The number of rotatable bonds is 17. The van der Waals surface area contributed by atoms with Gasteiger partial charge in [0.05, 0.1) is 36.1 Å². The minimum absolute atomic E-state index is 0.0167. The highest BCUT2D eigenvalue weighted by Crippen LogP contribution is 2.47. The van der Waals surface area contributed by atoms with Crippen LogP contribution in [0.25, 0.3) is 0 Å². The predicted octanol–water partition coefficient (Wildman–Crippen LogP) is 12.4. The Kier molecular flexibility index (Phi) is 24.8. The molecule has 454 valence electrons. The molecular formula is C64H107NO13Si2. The van der Waals surface area contributed by atoms with Crippen molar-refractivity contribution in [2.45, 2.75) is 263 Å². The molecule has 2 saturated heterocycles. The molecule has 3 fully saturated rings. The first-order valence-electron chi connectivity index (χ1n) is 30.7. The van der Waals surface area contributed by atoms with Gasteiger partial charge >= 0.3 is 5.97 Å². The van der Waals surface area contributed by atoms with Crippen LogP contribution < -0.4 is 0 Å². The van der Waals surface area contributed by atoms with E-state index in [1.54, 1.807) is 28.3 Å². The Morgan fingerprint density at radius 2 is 1.51 bits per heavy atom. The smallest absolute Gasteiger partial charge is 0.329 e. The molecule has 4 aliphatic rings. The SMILES string of the molecule is CCC1C=C(C)CC(C)CC(OC)C2OC(O)(C(=O)C(=O)N3CCCCC3C(=O)OC(C(C)=CC3CCC(CCC(O)c4ccccc4)(O[Si](CC)(CC)CC)C(OC)C3)C(C)C(O[Si](C)(C)C(C)(C)C)CC1=O)C(C)CC2OC. The highest BCUT2D eigenvalue weighted by molar-refractivity contribution is 6.74.